The highest BCUT2D eigenvalue weighted by Crippen LogP contribution is 2.18. The van der Waals surface area contributed by atoms with Crippen LogP contribution in [0.15, 0.2) is 30.6 Å². The van der Waals surface area contributed by atoms with Gasteiger partial charge in [0, 0.05) is 25.1 Å². The average Bonchev–Trinajstić information content (AvgIpc) is 2.81. The highest BCUT2D eigenvalue weighted by Gasteiger charge is 2.45. The highest BCUT2D eigenvalue weighted by atomic mass is 35.5. The quantitative estimate of drug-likeness (QED) is 0.175. The second-order valence-electron chi connectivity index (χ2n) is 9.21. The summed E-state index contributed by atoms with van der Waals surface area (Å²) in [5, 5.41) is 12.4. The summed E-state index contributed by atoms with van der Waals surface area (Å²) in [4.78, 5) is 12.4. The van der Waals surface area contributed by atoms with Gasteiger partial charge in [-0.25, -0.2) is 5.32 Å². The molecule has 1 unspecified atom stereocenters. The van der Waals surface area contributed by atoms with Crippen molar-refractivity contribution >= 4 is 5.91 Å². The van der Waals surface area contributed by atoms with E-state index >= 15 is 0 Å². The summed E-state index contributed by atoms with van der Waals surface area (Å²) in [7, 11) is 0. The van der Waals surface area contributed by atoms with Gasteiger partial charge in [-0.1, -0.05) is 109 Å². The summed E-state index contributed by atoms with van der Waals surface area (Å²) in [6.07, 6.45) is 25.5. The Morgan fingerprint density at radius 3 is 1.61 bits per heavy atom. The van der Waals surface area contributed by atoms with E-state index in [2.05, 4.69) is 12.2 Å². The number of carbonyl (C=O) groups excluding carboxylic acids is 1. The number of hydrogen-bond donors (Lipinski definition) is 3. The van der Waals surface area contributed by atoms with Gasteiger partial charge >= 0.3 is 11.6 Å². The molecule has 6 heteroatoms. The van der Waals surface area contributed by atoms with Gasteiger partial charge in [-0.2, -0.15) is 4.57 Å². The number of amides is 1. The normalized spacial score (nSPS) is 12.8. The number of aliphatic hydroxyl groups is 1. The summed E-state index contributed by atoms with van der Waals surface area (Å²) >= 11 is 0. The van der Waals surface area contributed by atoms with Gasteiger partial charge in [0.05, 0.1) is 6.61 Å². The highest BCUT2D eigenvalue weighted by molar-refractivity contribution is 5.80. The van der Waals surface area contributed by atoms with Gasteiger partial charge in [0.25, 0.3) is 0 Å². The maximum Gasteiger partial charge on any atom is 0.306 e. The van der Waals surface area contributed by atoms with Gasteiger partial charge in [0.2, 0.25) is 0 Å². The minimum atomic E-state index is -0.972. The molecule has 5 nitrogen and oxygen atoms in total. The molecule has 1 rings (SSSR count). The average molecular weight is 484 g/mol. The monoisotopic (exact) mass is 483 g/mol. The molecule has 4 N–H and O–H groups in total. The second-order valence-corrected chi connectivity index (χ2v) is 9.21. The van der Waals surface area contributed by atoms with Crippen LogP contribution >= 0.6 is 0 Å². The molecule has 0 bridgehead atoms. The molecule has 0 spiro atoms. The van der Waals surface area contributed by atoms with E-state index in [-0.39, 0.29) is 19.0 Å². The van der Waals surface area contributed by atoms with E-state index in [4.69, 9.17) is 5.73 Å². The zero-order chi connectivity index (χ0) is 23.3. The first-order valence-corrected chi connectivity index (χ1v) is 13.3. The first kappa shape index (κ1) is 31.8. The summed E-state index contributed by atoms with van der Waals surface area (Å²) in [6.45, 7) is 2.59. The fourth-order valence-corrected chi connectivity index (χ4v) is 4.49. The number of primary amides is 1. The van der Waals surface area contributed by atoms with Gasteiger partial charge in [-0.3, -0.25) is 4.79 Å². The Bertz CT molecular complexity index is 574. The molecule has 1 heterocycles. The molecular formula is C27H50ClN3O2. The van der Waals surface area contributed by atoms with E-state index in [9.17, 15) is 9.90 Å². The third kappa shape index (κ3) is 14.0. The smallest absolute Gasteiger partial charge is 0.306 e. The Morgan fingerprint density at radius 2 is 1.21 bits per heavy atom. The fourth-order valence-electron chi connectivity index (χ4n) is 4.49. The first-order chi connectivity index (χ1) is 15.7. The molecule has 192 valence electrons. The molecule has 1 atom stereocenters. The van der Waals surface area contributed by atoms with Crippen molar-refractivity contribution < 1.29 is 26.9 Å². The zero-order valence-electron chi connectivity index (χ0n) is 21.1. The largest absolute Gasteiger partial charge is 1.00 e. The van der Waals surface area contributed by atoms with E-state index < -0.39 is 11.6 Å². The van der Waals surface area contributed by atoms with Crippen LogP contribution in [0.2, 0.25) is 0 Å². The van der Waals surface area contributed by atoms with Crippen molar-refractivity contribution in [3.8, 4) is 0 Å². The molecule has 0 aliphatic heterocycles. The fraction of sp³-hybridized carbons (Fsp3) is 0.778. The van der Waals surface area contributed by atoms with Crippen LogP contribution in [-0.4, -0.2) is 24.2 Å². The third-order valence-corrected chi connectivity index (χ3v) is 6.49. The molecule has 0 radical (unpaired) electrons. The van der Waals surface area contributed by atoms with Crippen LogP contribution in [0, 0.1) is 0 Å². The van der Waals surface area contributed by atoms with Gasteiger partial charge < -0.3 is 23.2 Å². The Morgan fingerprint density at radius 1 is 0.788 bits per heavy atom. The molecule has 1 aromatic heterocycles. The Balaban J connectivity index is 0.0000102. The Labute approximate surface area is 209 Å². The van der Waals surface area contributed by atoms with Crippen LogP contribution in [0.1, 0.15) is 116 Å². The van der Waals surface area contributed by atoms with Crippen molar-refractivity contribution in [1.29, 1.82) is 0 Å². The topological polar surface area (TPSA) is 79.2 Å². The van der Waals surface area contributed by atoms with E-state index in [0.717, 1.165) is 12.8 Å². The number of aliphatic hydroxyl groups excluding tert-OH is 1. The molecule has 0 fully saturated rings. The Hall–Kier alpha value is -1.17. The van der Waals surface area contributed by atoms with E-state index in [1.54, 1.807) is 0 Å². The van der Waals surface area contributed by atoms with Crippen LogP contribution in [0.3, 0.4) is 0 Å². The molecule has 0 saturated heterocycles. The molecule has 33 heavy (non-hydrogen) atoms. The van der Waals surface area contributed by atoms with Crippen molar-refractivity contribution in [3.63, 3.8) is 0 Å². The molecule has 1 aromatic rings. The van der Waals surface area contributed by atoms with Gasteiger partial charge in [0.15, 0.2) is 12.4 Å². The van der Waals surface area contributed by atoms with Gasteiger partial charge in [0.1, 0.15) is 0 Å². The summed E-state index contributed by atoms with van der Waals surface area (Å²) in [6, 6.07) is 5.71. The number of nitrogens with one attached hydrogen (secondary N) is 1. The minimum absolute atomic E-state index is 0. The van der Waals surface area contributed by atoms with Crippen LogP contribution < -0.4 is 28.0 Å². The molecule has 0 saturated carbocycles. The van der Waals surface area contributed by atoms with Crippen LogP contribution in [0.5, 0.6) is 0 Å². The molecule has 1 amide bonds. The predicted molar refractivity (Wildman–Crippen MR) is 133 cm³/mol. The lowest BCUT2D eigenvalue weighted by Crippen LogP contribution is -3.00. The maximum absolute atomic E-state index is 12.4. The lowest BCUT2D eigenvalue weighted by atomic mass is 9.98. The minimum Gasteiger partial charge on any atom is -1.00 e. The van der Waals surface area contributed by atoms with Crippen molar-refractivity contribution in [2.75, 3.05) is 13.2 Å². The van der Waals surface area contributed by atoms with E-state index in [0.29, 0.717) is 13.0 Å². The number of carbonyl (C=O) groups is 1. The Kier molecular flexibility index (Phi) is 20.6. The molecule has 0 aromatic carbocycles. The summed E-state index contributed by atoms with van der Waals surface area (Å²) in [5.41, 5.74) is 4.83. The molecule has 0 aliphatic rings. The number of unbranched alkanes of at least 4 members (excludes halogenated alkanes) is 15. The first-order valence-electron chi connectivity index (χ1n) is 13.3. The third-order valence-electron chi connectivity index (χ3n) is 6.49. The number of hydrogen-bond acceptors (Lipinski definition) is 3. The summed E-state index contributed by atoms with van der Waals surface area (Å²) < 4.78 is 1.84. The number of nitrogens with zero attached hydrogens (tertiary/aromatic N) is 1. The van der Waals surface area contributed by atoms with Gasteiger partial charge in [-0.05, 0) is 6.42 Å². The second kappa shape index (κ2) is 21.4. The predicted octanol–water partition coefficient (Wildman–Crippen LogP) is 2.35. The van der Waals surface area contributed by atoms with Crippen molar-refractivity contribution in [2.45, 2.75) is 122 Å². The van der Waals surface area contributed by atoms with Crippen LogP contribution in [-0.2, 0) is 10.5 Å². The lowest BCUT2D eigenvalue weighted by Gasteiger charge is -2.26. The lowest BCUT2D eigenvalue weighted by molar-refractivity contribution is -0.756. The molecular weight excluding hydrogens is 434 g/mol. The van der Waals surface area contributed by atoms with E-state index in [1.165, 1.54) is 89.9 Å². The molecule has 0 aliphatic carbocycles. The van der Waals surface area contributed by atoms with Crippen LogP contribution in [0.25, 0.3) is 0 Å². The zero-order valence-corrected chi connectivity index (χ0v) is 21.8. The van der Waals surface area contributed by atoms with E-state index in [1.807, 2.05) is 35.2 Å². The van der Waals surface area contributed by atoms with Gasteiger partial charge in [-0.15, -0.1) is 0 Å². The summed E-state index contributed by atoms with van der Waals surface area (Å²) in [5.74, 6) is -0.400. The maximum atomic E-state index is 12.4. The SMILES string of the molecule is CCCCCCCCCCCCCCCCCCC(NCCO)(C(N)=O)[n+]1ccccc1.[Cl-]. The van der Waals surface area contributed by atoms with Crippen molar-refractivity contribution in [3.05, 3.63) is 30.6 Å². The number of aromatic nitrogens is 1. The number of halogens is 1. The number of nitrogens with two attached hydrogens (primary N) is 1. The van der Waals surface area contributed by atoms with Crippen LogP contribution in [0.4, 0.5) is 0 Å². The number of pyridine rings is 1. The number of rotatable bonds is 22. The van der Waals surface area contributed by atoms with Crippen molar-refractivity contribution in [2.24, 2.45) is 5.73 Å². The standard InChI is InChI=1S/C27H49N3O2.ClH/c1-2-3-4-5-6-7-8-9-10-11-12-13-14-15-16-18-21-27(26(28)32,29-22-25-31)30-23-19-17-20-24-30;/h17,19-20,23-24,29,31H,2-16,18,21-22,25H2,1H3,(H-,28,32);1H. The van der Waals surface area contributed by atoms with Crippen molar-refractivity contribution in [1.82, 2.24) is 5.32 Å².